The molecule has 0 fully saturated rings. The molecule has 0 saturated heterocycles. The van der Waals surface area contributed by atoms with Crippen LogP contribution in [0.5, 0.6) is 5.75 Å². The first-order chi connectivity index (χ1) is 22.6. The molecule has 0 aliphatic rings. The van der Waals surface area contributed by atoms with Crippen LogP contribution in [-0.4, -0.2) is 7.11 Å². The third kappa shape index (κ3) is 6.13. The molecule has 0 aromatic heterocycles. The molecule has 0 aliphatic carbocycles. The zero-order valence-electron chi connectivity index (χ0n) is 25.8. The van der Waals surface area contributed by atoms with Crippen LogP contribution in [0.3, 0.4) is 0 Å². The van der Waals surface area contributed by atoms with Gasteiger partial charge < -0.3 is 14.5 Å². The molecular weight excluding hydrogens is 628 g/mol. The maximum Gasteiger partial charge on any atom is 0.119 e. The average molecular weight is 662 g/mol. The van der Waals surface area contributed by atoms with Crippen molar-refractivity contribution in [2.24, 2.45) is 0 Å². The Hall–Kier alpha value is -5.32. The van der Waals surface area contributed by atoms with E-state index < -0.39 is 0 Å². The number of ether oxygens (including phenoxy) is 1. The fraction of sp³-hybridized carbons (Fsp3) is 0.0476. The second-order valence-electron chi connectivity index (χ2n) is 11.3. The average Bonchev–Trinajstić information content (AvgIpc) is 3.10. The summed E-state index contributed by atoms with van der Waals surface area (Å²) >= 11 is 3.63. The van der Waals surface area contributed by atoms with Crippen LogP contribution in [-0.2, 0) is 0 Å². The van der Waals surface area contributed by atoms with E-state index in [-0.39, 0.29) is 0 Å². The molecule has 46 heavy (non-hydrogen) atoms. The quantitative estimate of drug-likeness (QED) is 0.161. The predicted molar refractivity (Wildman–Crippen MR) is 198 cm³/mol. The Morgan fingerprint density at radius 1 is 0.435 bits per heavy atom. The first-order valence-corrected chi connectivity index (χ1v) is 16.1. The Labute approximate surface area is 279 Å². The van der Waals surface area contributed by atoms with Crippen molar-refractivity contribution >= 4 is 60.8 Å². The summed E-state index contributed by atoms with van der Waals surface area (Å²) in [5.41, 5.74) is 9.91. The van der Waals surface area contributed by atoms with Crippen molar-refractivity contribution in [3.63, 3.8) is 0 Å². The summed E-state index contributed by atoms with van der Waals surface area (Å²) in [5, 5.41) is 2.39. The summed E-state index contributed by atoms with van der Waals surface area (Å²) in [5.74, 6) is 0.823. The van der Waals surface area contributed by atoms with E-state index >= 15 is 0 Å². The smallest absolute Gasteiger partial charge is 0.119 e. The molecule has 3 nitrogen and oxygen atoms in total. The lowest BCUT2D eigenvalue weighted by molar-refractivity contribution is 0.415. The van der Waals surface area contributed by atoms with Gasteiger partial charge in [-0.1, -0.05) is 88.2 Å². The molecule has 4 heteroatoms. The van der Waals surface area contributed by atoms with E-state index in [1.54, 1.807) is 7.11 Å². The van der Waals surface area contributed by atoms with Crippen LogP contribution in [0.4, 0.5) is 34.1 Å². The summed E-state index contributed by atoms with van der Waals surface area (Å²) in [7, 11) is 1.70. The number of fused-ring (bicyclic) bond motifs is 1. The second kappa shape index (κ2) is 13.0. The molecule has 0 atom stereocenters. The molecule has 0 spiro atoms. The number of benzene rings is 7. The number of hydrogen-bond donors (Lipinski definition) is 0. The van der Waals surface area contributed by atoms with E-state index in [9.17, 15) is 0 Å². The number of nitrogens with zero attached hydrogens (tertiary/aromatic N) is 2. The van der Waals surface area contributed by atoms with E-state index in [4.69, 9.17) is 4.74 Å². The third-order valence-electron chi connectivity index (χ3n) is 8.21. The number of para-hydroxylation sites is 2. The molecule has 224 valence electrons. The minimum absolute atomic E-state index is 0.823. The van der Waals surface area contributed by atoms with Crippen LogP contribution in [0.1, 0.15) is 5.56 Å². The molecule has 0 unspecified atom stereocenters. The van der Waals surface area contributed by atoms with Gasteiger partial charge in [-0.25, -0.2) is 0 Å². The van der Waals surface area contributed by atoms with E-state index in [0.717, 1.165) is 55.5 Å². The van der Waals surface area contributed by atoms with Crippen molar-refractivity contribution in [2.75, 3.05) is 16.9 Å². The van der Waals surface area contributed by atoms with Crippen LogP contribution in [0, 0.1) is 6.92 Å². The zero-order chi connectivity index (χ0) is 31.5. The highest BCUT2D eigenvalue weighted by molar-refractivity contribution is 9.10. The Morgan fingerprint density at radius 3 is 1.50 bits per heavy atom. The Bertz CT molecular complexity index is 2090. The summed E-state index contributed by atoms with van der Waals surface area (Å²) in [4.78, 5) is 4.64. The maximum atomic E-state index is 5.51. The van der Waals surface area contributed by atoms with Gasteiger partial charge in [-0.15, -0.1) is 0 Å². The molecule has 0 N–H and O–H groups in total. The van der Waals surface area contributed by atoms with E-state index in [1.807, 2.05) is 12.1 Å². The molecule has 0 aliphatic heterocycles. The molecule has 0 bridgehead atoms. The lowest BCUT2D eigenvalue weighted by atomic mass is 9.99. The Balaban J connectivity index is 1.49. The van der Waals surface area contributed by atoms with Gasteiger partial charge in [-0.3, -0.25) is 0 Å². The molecule has 0 saturated carbocycles. The zero-order valence-corrected chi connectivity index (χ0v) is 27.4. The lowest BCUT2D eigenvalue weighted by Gasteiger charge is -2.30. The largest absolute Gasteiger partial charge is 0.497 e. The molecular formula is C42H33BrN2O. The number of halogens is 1. The van der Waals surface area contributed by atoms with Crippen molar-refractivity contribution < 1.29 is 4.74 Å². The van der Waals surface area contributed by atoms with Gasteiger partial charge in [0.15, 0.2) is 0 Å². The standard InChI is InChI=1S/C42H33BrN2O/c1-30-13-19-38(20-14-30)44(36-9-5-3-6-10-36)40-27-34(32-15-16-33-26-35(43)18-17-31(33)25-32)28-41(29-40)45(37-11-7-4-8-12-37)39-21-23-42(46-2)24-22-39/h3-29H,1-2H3. The SMILES string of the molecule is COc1ccc(N(c2ccccc2)c2cc(-c3ccc4cc(Br)ccc4c3)cc(N(c3ccccc3)c3ccc(C)cc3)c2)cc1. The fourth-order valence-corrected chi connectivity index (χ4v) is 6.27. The maximum absolute atomic E-state index is 5.51. The van der Waals surface area contributed by atoms with E-state index in [0.29, 0.717) is 0 Å². The number of aryl methyl sites for hydroxylation is 1. The van der Waals surface area contributed by atoms with E-state index in [2.05, 4.69) is 184 Å². The van der Waals surface area contributed by atoms with Gasteiger partial charge in [0.25, 0.3) is 0 Å². The Morgan fingerprint density at radius 2 is 0.935 bits per heavy atom. The minimum Gasteiger partial charge on any atom is -0.497 e. The first kappa shape index (κ1) is 29.4. The highest BCUT2D eigenvalue weighted by atomic mass is 79.9. The minimum atomic E-state index is 0.823. The topological polar surface area (TPSA) is 15.7 Å². The summed E-state index contributed by atoms with van der Waals surface area (Å²) < 4.78 is 6.58. The van der Waals surface area contributed by atoms with Crippen LogP contribution < -0.4 is 14.5 Å². The van der Waals surface area contributed by atoms with Crippen molar-refractivity contribution in [1.82, 2.24) is 0 Å². The fourth-order valence-electron chi connectivity index (χ4n) is 5.89. The molecule has 7 aromatic carbocycles. The van der Waals surface area contributed by atoms with Crippen LogP contribution in [0.2, 0.25) is 0 Å². The predicted octanol–water partition coefficient (Wildman–Crippen LogP) is 12.5. The van der Waals surface area contributed by atoms with Crippen LogP contribution in [0.25, 0.3) is 21.9 Å². The van der Waals surface area contributed by atoms with Crippen molar-refractivity contribution in [2.45, 2.75) is 6.92 Å². The van der Waals surface area contributed by atoms with Gasteiger partial charge >= 0.3 is 0 Å². The highest BCUT2D eigenvalue weighted by Gasteiger charge is 2.19. The summed E-state index contributed by atoms with van der Waals surface area (Å²) in [6.07, 6.45) is 0. The number of hydrogen-bond acceptors (Lipinski definition) is 3. The molecule has 7 rings (SSSR count). The Kier molecular flexibility index (Phi) is 8.28. The number of rotatable bonds is 8. The van der Waals surface area contributed by atoms with Gasteiger partial charge in [0.05, 0.1) is 7.11 Å². The molecule has 7 aromatic rings. The van der Waals surface area contributed by atoms with E-state index in [1.165, 1.54) is 16.3 Å². The molecule has 0 heterocycles. The van der Waals surface area contributed by atoms with Crippen molar-refractivity contribution in [3.8, 4) is 16.9 Å². The molecule has 0 amide bonds. The van der Waals surface area contributed by atoms with Crippen LogP contribution in [0.15, 0.2) is 168 Å². The van der Waals surface area contributed by atoms with Gasteiger partial charge in [-0.2, -0.15) is 0 Å². The van der Waals surface area contributed by atoms with Crippen molar-refractivity contribution in [1.29, 1.82) is 0 Å². The summed E-state index contributed by atoms with van der Waals surface area (Å²) in [6, 6.07) is 58.1. The van der Waals surface area contributed by atoms with Gasteiger partial charge in [0.1, 0.15) is 5.75 Å². The summed E-state index contributed by atoms with van der Waals surface area (Å²) in [6.45, 7) is 2.13. The third-order valence-corrected chi connectivity index (χ3v) is 8.70. The highest BCUT2D eigenvalue weighted by Crippen LogP contribution is 2.43. The van der Waals surface area contributed by atoms with Crippen LogP contribution >= 0.6 is 15.9 Å². The first-order valence-electron chi connectivity index (χ1n) is 15.3. The second-order valence-corrected chi connectivity index (χ2v) is 12.2. The van der Waals surface area contributed by atoms with Gasteiger partial charge in [-0.05, 0) is 126 Å². The number of methoxy groups -OCH3 is 1. The number of anilines is 6. The lowest BCUT2D eigenvalue weighted by Crippen LogP contribution is -2.13. The monoisotopic (exact) mass is 660 g/mol. The normalized spacial score (nSPS) is 10.9. The van der Waals surface area contributed by atoms with Gasteiger partial charge in [0, 0.05) is 38.6 Å². The van der Waals surface area contributed by atoms with Gasteiger partial charge in [0.2, 0.25) is 0 Å². The molecule has 0 radical (unpaired) electrons. The van der Waals surface area contributed by atoms with Crippen molar-refractivity contribution in [3.05, 3.63) is 174 Å².